The van der Waals surface area contributed by atoms with Crippen LogP contribution in [0.2, 0.25) is 0 Å². The molecule has 146 valence electrons. The highest BCUT2D eigenvalue weighted by Crippen LogP contribution is 2.20. The van der Waals surface area contributed by atoms with Crippen LogP contribution in [0.3, 0.4) is 0 Å². The van der Waals surface area contributed by atoms with Gasteiger partial charge in [-0.05, 0) is 11.1 Å². The van der Waals surface area contributed by atoms with E-state index in [1.165, 1.54) is 0 Å². The minimum absolute atomic E-state index is 0.0141. The number of carbonyl (C=O) groups excluding carboxylic acids is 3. The van der Waals surface area contributed by atoms with Crippen LogP contribution in [0.5, 0.6) is 0 Å². The van der Waals surface area contributed by atoms with E-state index < -0.39 is 24.5 Å². The van der Waals surface area contributed by atoms with Gasteiger partial charge in [0, 0.05) is 32.7 Å². The monoisotopic (exact) mass is 385 g/mol. The number of halogens is 3. The molecule has 2 saturated heterocycles. The van der Waals surface area contributed by atoms with Crippen LogP contribution in [0.15, 0.2) is 24.3 Å². The molecule has 2 heterocycles. The third-order valence-corrected chi connectivity index (χ3v) is 4.48. The van der Waals surface area contributed by atoms with Gasteiger partial charge in [0.25, 0.3) is 0 Å². The van der Waals surface area contributed by atoms with Crippen molar-refractivity contribution in [2.24, 2.45) is 0 Å². The topological polar surface area (TPSA) is 79.0 Å². The molecule has 1 aromatic rings. The van der Waals surface area contributed by atoms with Crippen molar-refractivity contribution in [3.63, 3.8) is 0 Å². The molecule has 0 aliphatic carbocycles. The van der Waals surface area contributed by atoms with Crippen molar-refractivity contribution in [1.82, 2.24) is 15.1 Å². The number of piperazine rings is 1. The first-order chi connectivity index (χ1) is 12.7. The molecule has 1 N–H and O–H groups in total. The Morgan fingerprint density at radius 3 is 2.48 bits per heavy atom. The number of ether oxygens (including phenoxy) is 1. The molecule has 0 saturated carbocycles. The van der Waals surface area contributed by atoms with E-state index in [2.05, 4.69) is 10.1 Å². The lowest BCUT2D eigenvalue weighted by atomic mass is 10.1. The lowest BCUT2D eigenvalue weighted by Crippen LogP contribution is -2.49. The van der Waals surface area contributed by atoms with Gasteiger partial charge in [-0.15, -0.1) is 0 Å². The summed E-state index contributed by atoms with van der Waals surface area (Å²) < 4.78 is 40.0. The van der Waals surface area contributed by atoms with E-state index in [1.54, 1.807) is 29.2 Å². The third kappa shape index (κ3) is 4.57. The van der Waals surface area contributed by atoms with Crippen molar-refractivity contribution < 1.29 is 32.3 Å². The predicted molar refractivity (Wildman–Crippen MR) is 86.5 cm³/mol. The van der Waals surface area contributed by atoms with Crippen molar-refractivity contribution in [2.75, 3.05) is 26.2 Å². The van der Waals surface area contributed by atoms with E-state index in [4.69, 9.17) is 0 Å². The molecule has 0 radical (unpaired) electrons. The molecule has 3 rings (SSSR count). The summed E-state index contributed by atoms with van der Waals surface area (Å²) in [7, 11) is 0. The number of fused-ring (bicyclic) bond motifs is 1. The van der Waals surface area contributed by atoms with Gasteiger partial charge in [-0.3, -0.25) is 4.79 Å². The Labute approximate surface area is 153 Å². The smallest absolute Gasteiger partial charge is 0.386 e. The number of rotatable bonds is 4. The van der Waals surface area contributed by atoms with E-state index in [1.807, 2.05) is 4.90 Å². The normalized spacial score (nSPS) is 19.8. The van der Waals surface area contributed by atoms with Crippen molar-refractivity contribution in [3.05, 3.63) is 35.4 Å². The van der Waals surface area contributed by atoms with Crippen LogP contribution in [0.25, 0.3) is 0 Å². The maximum atomic E-state index is 12.4. The second-order valence-electron chi connectivity index (χ2n) is 6.47. The molecule has 1 atom stereocenters. The number of carbonyl (C=O) groups is 3. The molecule has 27 heavy (non-hydrogen) atoms. The summed E-state index contributed by atoms with van der Waals surface area (Å²) in [6.07, 6.45) is -5.66. The van der Waals surface area contributed by atoms with Crippen LogP contribution in [0.1, 0.15) is 11.1 Å². The zero-order valence-electron chi connectivity index (χ0n) is 14.3. The highest BCUT2D eigenvalue weighted by Gasteiger charge is 2.42. The third-order valence-electron chi connectivity index (χ3n) is 4.48. The predicted octanol–water partition coefficient (Wildman–Crippen LogP) is 1.07. The number of amides is 2. The quantitative estimate of drug-likeness (QED) is 0.620. The molecule has 0 aromatic heterocycles. The Morgan fingerprint density at radius 2 is 1.85 bits per heavy atom. The molecule has 2 aliphatic heterocycles. The summed E-state index contributed by atoms with van der Waals surface area (Å²) in [5, 5.41) is 3.25. The van der Waals surface area contributed by atoms with Crippen molar-refractivity contribution in [3.8, 4) is 0 Å². The van der Waals surface area contributed by atoms with Crippen LogP contribution in [0.4, 0.5) is 18.0 Å². The Hall–Kier alpha value is -2.62. The molecular weight excluding hydrogens is 367 g/mol. The molecule has 7 nitrogen and oxygen atoms in total. The fourth-order valence-electron chi connectivity index (χ4n) is 3.17. The van der Waals surface area contributed by atoms with Gasteiger partial charge >= 0.3 is 24.1 Å². The van der Waals surface area contributed by atoms with E-state index >= 15 is 0 Å². The van der Waals surface area contributed by atoms with E-state index in [9.17, 15) is 27.6 Å². The highest BCUT2D eigenvalue weighted by atomic mass is 19.4. The fourth-order valence-corrected chi connectivity index (χ4v) is 3.17. The largest absolute Gasteiger partial charge is 0.491 e. The Balaban J connectivity index is 1.54. The van der Waals surface area contributed by atoms with Crippen LogP contribution in [-0.4, -0.2) is 66.2 Å². The molecule has 0 spiro atoms. The molecule has 2 fully saturated rings. The molecule has 0 bridgehead atoms. The van der Waals surface area contributed by atoms with Crippen LogP contribution in [0, 0.1) is 0 Å². The maximum Gasteiger partial charge on any atom is 0.491 e. The van der Waals surface area contributed by atoms with Crippen molar-refractivity contribution in [2.45, 2.75) is 25.2 Å². The Kier molecular flexibility index (Phi) is 5.36. The van der Waals surface area contributed by atoms with Gasteiger partial charge in [-0.1, -0.05) is 24.3 Å². The highest BCUT2D eigenvalue weighted by molar-refractivity contribution is 5.89. The zero-order valence-corrected chi connectivity index (χ0v) is 14.3. The maximum absolute atomic E-state index is 12.4. The summed E-state index contributed by atoms with van der Waals surface area (Å²) >= 11 is 0. The lowest BCUT2D eigenvalue weighted by Gasteiger charge is -2.28. The number of esters is 2. The standard InChI is InChI=1S/C17H18F3N3O4/c18-17(19,20)15(25)27-14(24)7-11-1-3-12(4-2-11)9-22-10-13-8-21-5-6-23(13)16(22)26/h1-4,13,21H,5-10H2/t13-/m0/s1. The van der Waals surface area contributed by atoms with E-state index in [-0.39, 0.29) is 12.1 Å². The number of hydrogen-bond donors (Lipinski definition) is 1. The molecule has 2 aliphatic rings. The minimum atomic E-state index is -5.20. The second kappa shape index (κ2) is 7.55. The Morgan fingerprint density at radius 1 is 1.19 bits per heavy atom. The fraction of sp³-hybridized carbons (Fsp3) is 0.471. The zero-order chi connectivity index (χ0) is 19.6. The Bertz CT molecular complexity index is 736. The summed E-state index contributed by atoms with van der Waals surface area (Å²) in [6, 6.07) is 6.65. The van der Waals surface area contributed by atoms with Gasteiger partial charge in [-0.25, -0.2) is 9.59 Å². The molecule has 1 aromatic carbocycles. The summed E-state index contributed by atoms with van der Waals surface area (Å²) in [6.45, 7) is 3.25. The lowest BCUT2D eigenvalue weighted by molar-refractivity contribution is -0.201. The summed E-state index contributed by atoms with van der Waals surface area (Å²) in [5.74, 6) is -3.80. The van der Waals surface area contributed by atoms with Gasteiger partial charge in [0.05, 0.1) is 12.5 Å². The minimum Gasteiger partial charge on any atom is -0.386 e. The van der Waals surface area contributed by atoms with Gasteiger partial charge in [0.1, 0.15) is 0 Å². The second-order valence-corrected chi connectivity index (χ2v) is 6.47. The van der Waals surface area contributed by atoms with Crippen LogP contribution >= 0.6 is 0 Å². The average Bonchev–Trinajstić information content (AvgIpc) is 2.92. The van der Waals surface area contributed by atoms with Crippen LogP contribution in [-0.2, 0) is 27.3 Å². The number of hydrogen-bond acceptors (Lipinski definition) is 5. The van der Waals surface area contributed by atoms with Gasteiger partial charge in [-0.2, -0.15) is 13.2 Å². The first-order valence-electron chi connectivity index (χ1n) is 8.40. The van der Waals surface area contributed by atoms with Crippen molar-refractivity contribution >= 4 is 18.0 Å². The van der Waals surface area contributed by atoms with Gasteiger partial charge in [0.2, 0.25) is 0 Å². The van der Waals surface area contributed by atoms with Gasteiger partial charge < -0.3 is 19.9 Å². The number of benzene rings is 1. The van der Waals surface area contributed by atoms with Crippen LogP contribution < -0.4 is 5.32 Å². The van der Waals surface area contributed by atoms with Crippen molar-refractivity contribution in [1.29, 1.82) is 0 Å². The number of nitrogens with one attached hydrogen (secondary N) is 1. The van der Waals surface area contributed by atoms with E-state index in [0.29, 0.717) is 25.2 Å². The number of alkyl halides is 3. The first-order valence-corrected chi connectivity index (χ1v) is 8.40. The molecule has 0 unspecified atom stereocenters. The van der Waals surface area contributed by atoms with E-state index in [0.717, 1.165) is 18.7 Å². The first kappa shape index (κ1) is 19.2. The summed E-state index contributed by atoms with van der Waals surface area (Å²) in [4.78, 5) is 38.0. The number of nitrogens with zero attached hydrogens (tertiary/aromatic N) is 2. The SMILES string of the molecule is O=C(Cc1ccc(CN2C[C@@H]3CNCCN3C2=O)cc1)OC(=O)C(F)(F)F. The van der Waals surface area contributed by atoms with Gasteiger partial charge in [0.15, 0.2) is 0 Å². The number of urea groups is 1. The average molecular weight is 385 g/mol. The molecule has 2 amide bonds. The molecular formula is C17H18F3N3O4. The summed E-state index contributed by atoms with van der Waals surface area (Å²) in [5.41, 5.74) is 1.24. The molecule has 10 heteroatoms.